The zero-order valence-electron chi connectivity index (χ0n) is 9.05. The second-order valence-electron chi connectivity index (χ2n) is 3.94. The van der Waals surface area contributed by atoms with Crippen LogP contribution in [0.3, 0.4) is 0 Å². The predicted octanol–water partition coefficient (Wildman–Crippen LogP) is 0.705. The van der Waals surface area contributed by atoms with Crippen molar-refractivity contribution in [2.45, 2.75) is 32.4 Å². The van der Waals surface area contributed by atoms with E-state index in [4.69, 9.17) is 4.74 Å². The molecule has 0 radical (unpaired) electrons. The molecular weight excluding hydrogens is 164 g/mol. The summed E-state index contributed by atoms with van der Waals surface area (Å²) in [6.07, 6.45) is 1.14. The molecule has 1 N–H and O–H groups in total. The Balaban J connectivity index is 2.26. The summed E-state index contributed by atoms with van der Waals surface area (Å²) in [5.41, 5.74) is 0. The molecule has 3 nitrogen and oxygen atoms in total. The van der Waals surface area contributed by atoms with Gasteiger partial charge < -0.3 is 10.1 Å². The smallest absolute Gasteiger partial charge is 0.0474 e. The highest BCUT2D eigenvalue weighted by Gasteiger charge is 2.23. The fourth-order valence-corrected chi connectivity index (χ4v) is 2.00. The summed E-state index contributed by atoms with van der Waals surface area (Å²) in [5.74, 6) is 0. The Hall–Kier alpha value is -0.120. The van der Waals surface area contributed by atoms with Crippen LogP contribution in [0.4, 0.5) is 0 Å². The Morgan fingerprint density at radius 1 is 1.31 bits per heavy atom. The Labute approximate surface area is 81.4 Å². The fraction of sp³-hybridized carbons (Fsp3) is 1.00. The van der Waals surface area contributed by atoms with E-state index in [1.807, 2.05) is 0 Å². The molecule has 0 spiro atoms. The number of nitrogens with one attached hydrogen (secondary N) is 1. The van der Waals surface area contributed by atoms with Crippen molar-refractivity contribution < 1.29 is 4.74 Å². The Morgan fingerprint density at radius 3 is 2.46 bits per heavy atom. The average Bonchev–Trinajstić information content (AvgIpc) is 2.10. The minimum Gasteiger partial charge on any atom is -0.385 e. The molecule has 13 heavy (non-hydrogen) atoms. The minimum absolute atomic E-state index is 0.667. The molecule has 78 valence electrons. The lowest BCUT2D eigenvalue weighted by Crippen LogP contribution is -2.55. The first-order valence-corrected chi connectivity index (χ1v) is 5.21. The molecule has 0 aromatic rings. The lowest BCUT2D eigenvalue weighted by molar-refractivity contribution is 0.0987. The van der Waals surface area contributed by atoms with Crippen LogP contribution in [-0.2, 0) is 4.74 Å². The van der Waals surface area contributed by atoms with Gasteiger partial charge in [-0.25, -0.2) is 0 Å². The van der Waals surface area contributed by atoms with Crippen LogP contribution in [0.2, 0.25) is 0 Å². The van der Waals surface area contributed by atoms with Crippen molar-refractivity contribution >= 4 is 0 Å². The van der Waals surface area contributed by atoms with Gasteiger partial charge in [0.1, 0.15) is 0 Å². The van der Waals surface area contributed by atoms with Crippen LogP contribution in [0.25, 0.3) is 0 Å². The molecule has 0 aromatic heterocycles. The first kappa shape index (κ1) is 11.0. The normalized spacial score (nSPS) is 30.7. The van der Waals surface area contributed by atoms with Gasteiger partial charge in [-0.2, -0.15) is 0 Å². The molecule has 1 saturated heterocycles. The highest BCUT2D eigenvalue weighted by atomic mass is 16.5. The Morgan fingerprint density at radius 2 is 1.92 bits per heavy atom. The van der Waals surface area contributed by atoms with Crippen molar-refractivity contribution in [3.05, 3.63) is 0 Å². The highest BCUT2D eigenvalue weighted by molar-refractivity contribution is 4.81. The van der Waals surface area contributed by atoms with E-state index < -0.39 is 0 Å². The van der Waals surface area contributed by atoms with E-state index in [-0.39, 0.29) is 0 Å². The van der Waals surface area contributed by atoms with E-state index in [0.29, 0.717) is 12.1 Å². The molecule has 2 atom stereocenters. The van der Waals surface area contributed by atoms with Crippen molar-refractivity contribution in [3.63, 3.8) is 0 Å². The molecule has 1 aliphatic rings. The molecule has 0 bridgehead atoms. The summed E-state index contributed by atoms with van der Waals surface area (Å²) >= 11 is 0. The van der Waals surface area contributed by atoms with Crippen LogP contribution < -0.4 is 5.32 Å². The van der Waals surface area contributed by atoms with E-state index in [2.05, 4.69) is 24.1 Å². The first-order valence-electron chi connectivity index (χ1n) is 5.21. The molecule has 0 saturated carbocycles. The lowest BCUT2D eigenvalue weighted by atomic mass is 10.1. The van der Waals surface area contributed by atoms with Gasteiger partial charge in [0.2, 0.25) is 0 Å². The monoisotopic (exact) mass is 186 g/mol. The third kappa shape index (κ3) is 3.25. The molecule has 1 heterocycles. The number of piperazine rings is 1. The van der Waals surface area contributed by atoms with E-state index in [1.165, 1.54) is 0 Å². The quantitative estimate of drug-likeness (QED) is 0.654. The van der Waals surface area contributed by atoms with Crippen molar-refractivity contribution in [1.29, 1.82) is 0 Å². The summed E-state index contributed by atoms with van der Waals surface area (Å²) in [6, 6.07) is 1.33. The summed E-state index contributed by atoms with van der Waals surface area (Å²) in [4.78, 5) is 2.57. The summed E-state index contributed by atoms with van der Waals surface area (Å²) in [7, 11) is 1.77. The summed E-state index contributed by atoms with van der Waals surface area (Å²) < 4.78 is 5.06. The molecule has 0 aromatic carbocycles. The second kappa shape index (κ2) is 5.58. The van der Waals surface area contributed by atoms with Gasteiger partial charge in [0.25, 0.3) is 0 Å². The van der Waals surface area contributed by atoms with Crippen LogP contribution in [0.5, 0.6) is 0 Å². The van der Waals surface area contributed by atoms with Gasteiger partial charge in [0.15, 0.2) is 0 Å². The average molecular weight is 186 g/mol. The van der Waals surface area contributed by atoms with Gasteiger partial charge in [-0.15, -0.1) is 0 Å². The van der Waals surface area contributed by atoms with Crippen molar-refractivity contribution in [2.24, 2.45) is 0 Å². The third-order valence-corrected chi connectivity index (χ3v) is 2.78. The van der Waals surface area contributed by atoms with Crippen LogP contribution in [0.15, 0.2) is 0 Å². The summed E-state index contributed by atoms with van der Waals surface area (Å²) in [6.45, 7) is 8.86. The second-order valence-corrected chi connectivity index (χ2v) is 3.94. The Bertz CT molecular complexity index is 131. The van der Waals surface area contributed by atoms with Gasteiger partial charge in [0.05, 0.1) is 0 Å². The standard InChI is InChI=1S/C10H22N2O/c1-9-7-11-8-10(2)12(9)5-4-6-13-3/h9-11H,4-8H2,1-3H3. The van der Waals surface area contributed by atoms with E-state index >= 15 is 0 Å². The number of nitrogens with zero attached hydrogens (tertiary/aromatic N) is 1. The zero-order valence-corrected chi connectivity index (χ0v) is 9.05. The number of rotatable bonds is 4. The van der Waals surface area contributed by atoms with E-state index in [0.717, 1.165) is 32.7 Å². The maximum absolute atomic E-state index is 5.06. The number of hydrogen-bond acceptors (Lipinski definition) is 3. The maximum Gasteiger partial charge on any atom is 0.0474 e. The topological polar surface area (TPSA) is 24.5 Å². The highest BCUT2D eigenvalue weighted by Crippen LogP contribution is 2.09. The maximum atomic E-state index is 5.06. The van der Waals surface area contributed by atoms with Gasteiger partial charge >= 0.3 is 0 Å². The predicted molar refractivity (Wildman–Crippen MR) is 55.0 cm³/mol. The zero-order chi connectivity index (χ0) is 9.68. The van der Waals surface area contributed by atoms with Gasteiger partial charge in [-0.05, 0) is 20.3 Å². The molecule has 0 aliphatic carbocycles. The van der Waals surface area contributed by atoms with Crippen LogP contribution in [0.1, 0.15) is 20.3 Å². The number of methoxy groups -OCH3 is 1. The van der Waals surface area contributed by atoms with Crippen LogP contribution in [-0.4, -0.2) is 50.3 Å². The van der Waals surface area contributed by atoms with E-state index in [9.17, 15) is 0 Å². The van der Waals surface area contributed by atoms with Gasteiger partial charge in [0, 0.05) is 45.4 Å². The van der Waals surface area contributed by atoms with Crippen LogP contribution >= 0.6 is 0 Å². The van der Waals surface area contributed by atoms with Crippen LogP contribution in [0, 0.1) is 0 Å². The number of ether oxygens (including phenoxy) is 1. The van der Waals surface area contributed by atoms with Crippen molar-refractivity contribution in [3.8, 4) is 0 Å². The lowest BCUT2D eigenvalue weighted by Gasteiger charge is -2.39. The Kier molecular flexibility index (Phi) is 4.70. The molecule has 3 heteroatoms. The third-order valence-electron chi connectivity index (χ3n) is 2.78. The number of hydrogen-bond donors (Lipinski definition) is 1. The van der Waals surface area contributed by atoms with Gasteiger partial charge in [-0.3, -0.25) is 4.90 Å². The fourth-order valence-electron chi connectivity index (χ4n) is 2.00. The molecule has 1 aliphatic heterocycles. The molecule has 0 amide bonds. The largest absolute Gasteiger partial charge is 0.385 e. The molecule has 1 rings (SSSR count). The SMILES string of the molecule is COCCCN1C(C)CNCC1C. The van der Waals surface area contributed by atoms with Crippen molar-refractivity contribution in [2.75, 3.05) is 33.4 Å². The molecule has 1 fully saturated rings. The molecule has 2 unspecified atom stereocenters. The first-order chi connectivity index (χ1) is 6.25. The minimum atomic E-state index is 0.667. The van der Waals surface area contributed by atoms with Crippen molar-refractivity contribution in [1.82, 2.24) is 10.2 Å². The summed E-state index contributed by atoms with van der Waals surface area (Å²) in [5, 5.41) is 3.43. The van der Waals surface area contributed by atoms with E-state index in [1.54, 1.807) is 7.11 Å². The van der Waals surface area contributed by atoms with Gasteiger partial charge in [-0.1, -0.05) is 0 Å². The molecular formula is C10H22N2O.